The highest BCUT2D eigenvalue weighted by Gasteiger charge is 2.26. The van der Waals surface area contributed by atoms with Crippen LogP contribution < -0.4 is 11.1 Å². The van der Waals surface area contributed by atoms with Gasteiger partial charge in [0.2, 0.25) is 0 Å². The molecular weight excluding hydrogens is 482 g/mol. The van der Waals surface area contributed by atoms with Crippen LogP contribution in [0, 0.1) is 0 Å². The Balaban J connectivity index is 1.48. The van der Waals surface area contributed by atoms with Gasteiger partial charge in [0, 0.05) is 16.5 Å². The summed E-state index contributed by atoms with van der Waals surface area (Å²) >= 11 is 1.52. The lowest BCUT2D eigenvalue weighted by molar-refractivity contribution is 0.567. The third-order valence-electron chi connectivity index (χ3n) is 6.19. The maximum absolute atomic E-state index is 13.5. The number of H-pyrrole nitrogens is 2. The fourth-order valence-corrected chi connectivity index (χ4v) is 5.41. The predicted molar refractivity (Wildman–Crippen MR) is 132 cm³/mol. The molecule has 0 spiro atoms. The second-order valence-electron chi connectivity index (χ2n) is 8.84. The molecule has 1 unspecified atom stereocenters. The summed E-state index contributed by atoms with van der Waals surface area (Å²) in [6.07, 6.45) is 6.21. The Kier molecular flexibility index (Phi) is 5.14. The van der Waals surface area contributed by atoms with Crippen molar-refractivity contribution in [1.82, 2.24) is 44.1 Å². The average Bonchev–Trinajstić information content (AvgIpc) is 3.65. The van der Waals surface area contributed by atoms with Crippen molar-refractivity contribution >= 4 is 22.9 Å². The van der Waals surface area contributed by atoms with Crippen molar-refractivity contribution in [2.45, 2.75) is 39.0 Å². The molecule has 0 fully saturated rings. The number of rotatable bonds is 6. The summed E-state index contributed by atoms with van der Waals surface area (Å²) in [7, 11) is 0. The van der Waals surface area contributed by atoms with Gasteiger partial charge >= 0.3 is 0 Å². The van der Waals surface area contributed by atoms with Crippen molar-refractivity contribution < 1.29 is 4.42 Å². The minimum absolute atomic E-state index is 0.0555. The smallest absolute Gasteiger partial charge is 0.278 e. The summed E-state index contributed by atoms with van der Waals surface area (Å²) in [5.74, 6) is 0.642. The van der Waals surface area contributed by atoms with E-state index in [1.807, 2.05) is 31.5 Å². The van der Waals surface area contributed by atoms with Crippen LogP contribution in [0.1, 0.15) is 49.3 Å². The zero-order valence-electron chi connectivity index (χ0n) is 19.6. The Morgan fingerprint density at radius 3 is 2.25 bits per heavy atom. The third-order valence-corrected chi connectivity index (χ3v) is 6.99. The summed E-state index contributed by atoms with van der Waals surface area (Å²) in [6.45, 7) is 5.90. The van der Waals surface area contributed by atoms with Crippen LogP contribution in [-0.2, 0) is 6.42 Å². The molecule has 0 bridgehead atoms. The summed E-state index contributed by atoms with van der Waals surface area (Å²) in [5, 5.41) is 9.66. The summed E-state index contributed by atoms with van der Waals surface area (Å²) in [6, 6.07) is 0. The van der Waals surface area contributed by atoms with Crippen LogP contribution in [0.15, 0.2) is 50.0 Å². The molecule has 6 aromatic rings. The van der Waals surface area contributed by atoms with Gasteiger partial charge in [0.25, 0.3) is 22.7 Å². The van der Waals surface area contributed by atoms with Crippen molar-refractivity contribution in [3.8, 4) is 22.7 Å². The minimum Gasteiger partial charge on any atom is -0.442 e. The van der Waals surface area contributed by atoms with E-state index in [9.17, 15) is 9.59 Å². The topological polar surface area (TPSA) is 152 Å². The van der Waals surface area contributed by atoms with Gasteiger partial charge in [-0.05, 0) is 29.2 Å². The molecule has 182 valence electrons. The number of hydrogen-bond donors (Lipinski definition) is 2. The molecule has 1 atom stereocenters. The number of aromatic amines is 2. The monoisotopic (exact) mass is 503 g/mol. The van der Waals surface area contributed by atoms with Crippen LogP contribution in [0.2, 0.25) is 0 Å². The minimum atomic E-state index is -0.259. The molecule has 6 heterocycles. The zero-order valence-corrected chi connectivity index (χ0v) is 20.4. The maximum Gasteiger partial charge on any atom is 0.278 e. The summed E-state index contributed by atoms with van der Waals surface area (Å²) in [4.78, 5) is 48.2. The van der Waals surface area contributed by atoms with E-state index < -0.39 is 0 Å². The van der Waals surface area contributed by atoms with Crippen molar-refractivity contribution in [1.29, 1.82) is 0 Å². The van der Waals surface area contributed by atoms with E-state index in [0.29, 0.717) is 40.5 Å². The fourth-order valence-electron chi connectivity index (χ4n) is 4.55. The zero-order chi connectivity index (χ0) is 25.0. The lowest BCUT2D eigenvalue weighted by Crippen LogP contribution is -2.24. The second kappa shape index (κ2) is 8.37. The highest BCUT2D eigenvalue weighted by Crippen LogP contribution is 2.35. The van der Waals surface area contributed by atoms with Gasteiger partial charge in [-0.15, -0.1) is 0 Å². The SMILES string of the molecule is CC(C)c1c(-c2cscc2CC(C)c2c(-c3cnco3)nc3nc[nH]n3c2=O)nc2nc[nH]n2c1=O. The molecule has 0 aliphatic rings. The third kappa shape index (κ3) is 3.39. The summed E-state index contributed by atoms with van der Waals surface area (Å²) < 4.78 is 8.15. The van der Waals surface area contributed by atoms with Crippen LogP contribution >= 0.6 is 11.3 Å². The van der Waals surface area contributed by atoms with E-state index >= 15 is 0 Å². The molecule has 0 saturated carbocycles. The Morgan fingerprint density at radius 1 is 0.944 bits per heavy atom. The van der Waals surface area contributed by atoms with Gasteiger partial charge in [-0.25, -0.2) is 24.9 Å². The number of thiophene rings is 1. The summed E-state index contributed by atoms with van der Waals surface area (Å²) in [5.41, 5.74) is 3.50. The van der Waals surface area contributed by atoms with Gasteiger partial charge < -0.3 is 4.42 Å². The van der Waals surface area contributed by atoms with Crippen molar-refractivity contribution in [3.63, 3.8) is 0 Å². The first-order valence-electron chi connectivity index (χ1n) is 11.3. The molecule has 13 heteroatoms. The number of fused-ring (bicyclic) bond motifs is 2. The van der Waals surface area contributed by atoms with E-state index in [2.05, 4.69) is 30.1 Å². The molecule has 0 aliphatic heterocycles. The van der Waals surface area contributed by atoms with E-state index in [1.165, 1.54) is 45.6 Å². The standard InChI is InChI=1S/C23H21N9O3S/c1-11(2)16-18(29-22-25-8-27-31(22)20(16)33)14-7-36-6-13(14)4-12(3)17-19(15-5-24-10-35-15)30-23-26-9-28-32(23)21(17)34/h5-12H,4H2,1-3H3,(H,25,27,29)(H,26,28,30). The lowest BCUT2D eigenvalue weighted by Gasteiger charge is -2.16. The molecule has 0 aliphatic carbocycles. The van der Waals surface area contributed by atoms with Crippen LogP contribution in [0.25, 0.3) is 34.3 Å². The highest BCUT2D eigenvalue weighted by molar-refractivity contribution is 7.08. The number of oxazole rings is 1. The Labute approximate surface area is 206 Å². The molecule has 0 saturated heterocycles. The van der Waals surface area contributed by atoms with E-state index in [0.717, 1.165) is 11.1 Å². The normalized spacial score (nSPS) is 12.8. The highest BCUT2D eigenvalue weighted by atomic mass is 32.1. The average molecular weight is 504 g/mol. The van der Waals surface area contributed by atoms with Crippen molar-refractivity contribution in [3.05, 3.63) is 73.4 Å². The van der Waals surface area contributed by atoms with Crippen LogP contribution in [0.3, 0.4) is 0 Å². The predicted octanol–water partition coefficient (Wildman–Crippen LogP) is 3.00. The first-order chi connectivity index (χ1) is 17.4. The molecule has 0 amide bonds. The Hall–Kier alpha value is -4.39. The maximum atomic E-state index is 13.5. The van der Waals surface area contributed by atoms with E-state index in [1.54, 1.807) is 0 Å². The fraction of sp³-hybridized carbons (Fsp3) is 0.261. The lowest BCUT2D eigenvalue weighted by atomic mass is 9.90. The van der Waals surface area contributed by atoms with Gasteiger partial charge in [-0.3, -0.25) is 19.8 Å². The molecule has 12 nitrogen and oxygen atoms in total. The first kappa shape index (κ1) is 22.1. The van der Waals surface area contributed by atoms with E-state index in [4.69, 9.17) is 9.40 Å². The van der Waals surface area contributed by atoms with Gasteiger partial charge in [-0.1, -0.05) is 20.8 Å². The second-order valence-corrected chi connectivity index (χ2v) is 9.58. The van der Waals surface area contributed by atoms with Gasteiger partial charge in [0.15, 0.2) is 12.2 Å². The number of nitrogens with one attached hydrogen (secondary N) is 2. The quantitative estimate of drug-likeness (QED) is 0.352. The molecule has 6 aromatic heterocycles. The number of nitrogens with zero attached hydrogens (tertiary/aromatic N) is 7. The van der Waals surface area contributed by atoms with E-state index in [-0.39, 0.29) is 28.7 Å². The van der Waals surface area contributed by atoms with Gasteiger partial charge in [0.05, 0.1) is 17.5 Å². The van der Waals surface area contributed by atoms with Gasteiger partial charge in [0.1, 0.15) is 18.3 Å². The molecular formula is C23H21N9O3S. The van der Waals surface area contributed by atoms with Crippen LogP contribution in [-0.4, -0.2) is 44.1 Å². The van der Waals surface area contributed by atoms with Gasteiger partial charge in [-0.2, -0.15) is 20.4 Å². The largest absolute Gasteiger partial charge is 0.442 e. The molecule has 2 N–H and O–H groups in total. The van der Waals surface area contributed by atoms with Crippen molar-refractivity contribution in [2.75, 3.05) is 0 Å². The molecule has 6 rings (SSSR count). The molecule has 0 radical (unpaired) electrons. The Morgan fingerprint density at radius 2 is 1.61 bits per heavy atom. The molecule has 0 aromatic carbocycles. The van der Waals surface area contributed by atoms with Crippen LogP contribution in [0.5, 0.6) is 0 Å². The number of hydrogen-bond acceptors (Lipinski definition) is 9. The van der Waals surface area contributed by atoms with Crippen molar-refractivity contribution in [2.24, 2.45) is 0 Å². The Bertz CT molecular complexity index is 1820. The first-order valence-corrected chi connectivity index (χ1v) is 12.2. The van der Waals surface area contributed by atoms with Crippen LogP contribution in [0.4, 0.5) is 0 Å². The molecule has 36 heavy (non-hydrogen) atoms. The number of aromatic nitrogens is 9.